The van der Waals surface area contributed by atoms with Gasteiger partial charge in [0.05, 0.1) is 4.91 Å². The topological polar surface area (TPSA) is 69.7 Å². The summed E-state index contributed by atoms with van der Waals surface area (Å²) in [6, 6.07) is 13.7. The zero-order chi connectivity index (χ0) is 22.4. The smallest absolute Gasteiger partial charge is 0.293 e. The minimum absolute atomic E-state index is 0.0381. The van der Waals surface area contributed by atoms with Crippen LogP contribution in [0.15, 0.2) is 59.5 Å². The van der Waals surface area contributed by atoms with Gasteiger partial charge in [0.25, 0.3) is 11.1 Å². The van der Waals surface area contributed by atoms with Gasteiger partial charge in [0.2, 0.25) is 5.91 Å². The fraction of sp³-hybridized carbons (Fsp3) is 0.174. The molecule has 0 spiro atoms. The van der Waals surface area contributed by atoms with Crippen molar-refractivity contribution >= 4 is 46.7 Å². The van der Waals surface area contributed by atoms with E-state index < -0.39 is 17.0 Å². The van der Waals surface area contributed by atoms with Crippen LogP contribution in [0.1, 0.15) is 11.1 Å². The molecule has 2 aromatic carbocycles. The maximum absolute atomic E-state index is 13.8. The quantitative estimate of drug-likeness (QED) is 0.666. The van der Waals surface area contributed by atoms with E-state index in [4.69, 9.17) is 0 Å². The molecule has 1 N–H and O–H groups in total. The lowest BCUT2D eigenvalue weighted by Gasteiger charge is -2.12. The van der Waals surface area contributed by atoms with Crippen molar-refractivity contribution in [3.05, 3.63) is 76.5 Å². The summed E-state index contributed by atoms with van der Waals surface area (Å²) in [6.45, 7) is 0.157. The van der Waals surface area contributed by atoms with Crippen molar-refractivity contribution in [2.75, 3.05) is 32.1 Å². The maximum atomic E-state index is 13.8. The van der Waals surface area contributed by atoms with E-state index in [0.717, 1.165) is 27.9 Å². The molecular weight excluding hydrogens is 417 g/mol. The van der Waals surface area contributed by atoms with Gasteiger partial charge in [-0.3, -0.25) is 19.3 Å². The second kappa shape index (κ2) is 10.1. The van der Waals surface area contributed by atoms with E-state index >= 15 is 0 Å². The Morgan fingerprint density at radius 2 is 1.84 bits per heavy atom. The number of thioether (sulfide) groups is 1. The highest BCUT2D eigenvalue weighted by atomic mass is 32.2. The summed E-state index contributed by atoms with van der Waals surface area (Å²) in [6.07, 6.45) is 4.45. The molecule has 6 nitrogen and oxygen atoms in total. The third-order valence-corrected chi connectivity index (χ3v) is 5.44. The number of benzene rings is 2. The lowest BCUT2D eigenvalue weighted by atomic mass is 10.2. The zero-order valence-corrected chi connectivity index (χ0v) is 18.0. The molecule has 1 aliphatic heterocycles. The lowest BCUT2D eigenvalue weighted by molar-refractivity contribution is -0.123. The Kier molecular flexibility index (Phi) is 7.25. The maximum Gasteiger partial charge on any atom is 0.293 e. The van der Waals surface area contributed by atoms with Crippen molar-refractivity contribution < 1.29 is 18.8 Å². The number of amides is 3. The van der Waals surface area contributed by atoms with Gasteiger partial charge >= 0.3 is 0 Å². The molecule has 0 saturated carbocycles. The number of hydrogen-bond acceptors (Lipinski definition) is 5. The van der Waals surface area contributed by atoms with Gasteiger partial charge in [0, 0.05) is 44.5 Å². The van der Waals surface area contributed by atoms with Crippen molar-refractivity contribution in [1.82, 2.24) is 10.2 Å². The zero-order valence-electron chi connectivity index (χ0n) is 17.2. The molecule has 0 aliphatic carbocycles. The highest BCUT2D eigenvalue weighted by molar-refractivity contribution is 8.18. The summed E-state index contributed by atoms with van der Waals surface area (Å²) >= 11 is 0.757. The van der Waals surface area contributed by atoms with Crippen molar-refractivity contribution in [1.29, 1.82) is 0 Å². The SMILES string of the molecule is CN(C)c1ccc(/C=C/C(=O)NCCN2C(=O)S/C(=C\c3ccccc3F)C2=O)cc1. The predicted molar refractivity (Wildman–Crippen MR) is 122 cm³/mol. The van der Waals surface area contributed by atoms with E-state index in [2.05, 4.69) is 5.32 Å². The Morgan fingerprint density at radius 3 is 2.52 bits per heavy atom. The molecule has 1 saturated heterocycles. The van der Waals surface area contributed by atoms with Crippen LogP contribution in [-0.4, -0.2) is 49.1 Å². The molecule has 3 rings (SSSR count). The van der Waals surface area contributed by atoms with Crippen LogP contribution in [0.4, 0.5) is 14.9 Å². The van der Waals surface area contributed by atoms with Crippen molar-refractivity contribution in [2.24, 2.45) is 0 Å². The van der Waals surface area contributed by atoms with Gasteiger partial charge in [0.1, 0.15) is 5.82 Å². The normalized spacial score (nSPS) is 15.2. The van der Waals surface area contributed by atoms with E-state index in [-0.39, 0.29) is 29.5 Å². The summed E-state index contributed by atoms with van der Waals surface area (Å²) < 4.78 is 13.8. The first-order chi connectivity index (χ1) is 14.8. The Balaban J connectivity index is 1.52. The van der Waals surface area contributed by atoms with Crippen LogP contribution in [0, 0.1) is 5.82 Å². The predicted octanol–water partition coefficient (Wildman–Crippen LogP) is 3.76. The number of anilines is 1. The Bertz CT molecular complexity index is 1050. The Hall–Kier alpha value is -3.39. The largest absolute Gasteiger partial charge is 0.378 e. The van der Waals surface area contributed by atoms with Crippen LogP contribution >= 0.6 is 11.8 Å². The highest BCUT2D eigenvalue weighted by Crippen LogP contribution is 2.32. The average Bonchev–Trinajstić information content (AvgIpc) is 3.01. The van der Waals surface area contributed by atoms with E-state index in [1.807, 2.05) is 43.3 Å². The molecule has 2 aromatic rings. The van der Waals surface area contributed by atoms with Crippen molar-refractivity contribution in [2.45, 2.75) is 0 Å². The van der Waals surface area contributed by atoms with E-state index in [9.17, 15) is 18.8 Å². The molecule has 160 valence electrons. The minimum Gasteiger partial charge on any atom is -0.378 e. The van der Waals surface area contributed by atoms with Crippen molar-refractivity contribution in [3.8, 4) is 0 Å². The number of imide groups is 1. The third kappa shape index (κ3) is 5.82. The van der Waals surface area contributed by atoms with Crippen LogP contribution in [-0.2, 0) is 9.59 Å². The molecule has 0 unspecified atom stereocenters. The summed E-state index contributed by atoms with van der Waals surface area (Å²) in [5, 5.41) is 2.21. The standard InChI is InChI=1S/C23H22FN3O3S/c1-26(2)18-10-7-16(8-11-18)9-12-21(28)25-13-14-27-22(29)20(31-23(27)30)15-17-5-3-4-6-19(17)24/h3-12,15H,13-14H2,1-2H3,(H,25,28)/b12-9+,20-15-. The number of carbonyl (C=O) groups is 3. The molecule has 3 amide bonds. The fourth-order valence-electron chi connectivity index (χ4n) is 2.83. The lowest BCUT2D eigenvalue weighted by Crippen LogP contribution is -2.36. The van der Waals surface area contributed by atoms with Crippen LogP contribution in [0.2, 0.25) is 0 Å². The fourth-order valence-corrected chi connectivity index (χ4v) is 3.69. The van der Waals surface area contributed by atoms with Crippen molar-refractivity contribution in [3.63, 3.8) is 0 Å². The minimum atomic E-state index is -0.496. The Labute approximate surface area is 184 Å². The monoisotopic (exact) mass is 439 g/mol. The van der Waals surface area contributed by atoms with Gasteiger partial charge in [-0.15, -0.1) is 0 Å². The molecule has 0 aromatic heterocycles. The molecular formula is C23H22FN3O3S. The van der Waals surface area contributed by atoms with Crippen LogP contribution in [0.3, 0.4) is 0 Å². The molecule has 1 heterocycles. The molecule has 0 bridgehead atoms. The second-order valence-electron chi connectivity index (χ2n) is 6.97. The average molecular weight is 440 g/mol. The number of hydrogen-bond donors (Lipinski definition) is 1. The summed E-state index contributed by atoms with van der Waals surface area (Å²) in [5.41, 5.74) is 2.18. The number of halogens is 1. The van der Waals surface area contributed by atoms with Gasteiger partial charge in [0.15, 0.2) is 0 Å². The Morgan fingerprint density at radius 1 is 1.13 bits per heavy atom. The van der Waals surface area contributed by atoms with Crippen LogP contribution in [0.5, 0.6) is 0 Å². The molecule has 0 atom stereocenters. The van der Waals surface area contributed by atoms with Gasteiger partial charge in [-0.1, -0.05) is 30.3 Å². The first-order valence-corrected chi connectivity index (χ1v) is 10.4. The molecule has 1 fully saturated rings. The summed E-state index contributed by atoms with van der Waals surface area (Å²) in [7, 11) is 3.90. The molecule has 1 aliphatic rings. The number of nitrogens with one attached hydrogen (secondary N) is 1. The molecule has 0 radical (unpaired) electrons. The van der Waals surface area contributed by atoms with Crippen LogP contribution in [0.25, 0.3) is 12.2 Å². The number of nitrogens with zero attached hydrogens (tertiary/aromatic N) is 2. The third-order valence-electron chi connectivity index (χ3n) is 4.54. The van der Waals surface area contributed by atoms with Gasteiger partial charge in [-0.05, 0) is 47.7 Å². The highest BCUT2D eigenvalue weighted by Gasteiger charge is 2.34. The van der Waals surface area contributed by atoms with E-state index in [1.165, 1.54) is 24.3 Å². The molecule has 31 heavy (non-hydrogen) atoms. The van der Waals surface area contributed by atoms with E-state index in [0.29, 0.717) is 0 Å². The van der Waals surface area contributed by atoms with Gasteiger partial charge in [-0.25, -0.2) is 4.39 Å². The second-order valence-corrected chi connectivity index (χ2v) is 7.96. The number of rotatable bonds is 7. The van der Waals surface area contributed by atoms with Gasteiger partial charge < -0.3 is 10.2 Å². The van der Waals surface area contributed by atoms with E-state index in [1.54, 1.807) is 18.2 Å². The first kappa shape index (κ1) is 22.3. The number of carbonyl (C=O) groups excluding carboxylic acids is 3. The first-order valence-electron chi connectivity index (χ1n) is 9.58. The van der Waals surface area contributed by atoms with Crippen LogP contribution < -0.4 is 10.2 Å². The summed E-state index contributed by atoms with van der Waals surface area (Å²) in [5.74, 6) is -1.29. The summed E-state index contributed by atoms with van der Waals surface area (Å²) in [4.78, 5) is 39.8. The van der Waals surface area contributed by atoms with Gasteiger partial charge in [-0.2, -0.15) is 0 Å². The molecule has 8 heteroatoms.